The van der Waals surface area contributed by atoms with Crippen molar-refractivity contribution in [2.45, 2.75) is 21.8 Å². The van der Waals surface area contributed by atoms with E-state index in [1.807, 2.05) is 48.5 Å². The van der Waals surface area contributed by atoms with E-state index in [2.05, 4.69) is 59.6 Å². The summed E-state index contributed by atoms with van der Waals surface area (Å²) in [6.45, 7) is 0. The Balaban J connectivity index is 1.17. The lowest BCUT2D eigenvalue weighted by molar-refractivity contribution is 0.814. The largest absolute Gasteiger partial charge is 0.322 e. The van der Waals surface area contributed by atoms with Gasteiger partial charge in [-0.25, -0.2) is 9.97 Å². The number of imidazole rings is 2. The predicted octanol–water partition coefficient (Wildman–Crippen LogP) is 6.50. The molecule has 0 saturated carbocycles. The number of para-hydroxylation sites is 4. The number of aromatic nitrogens is 6. The Morgan fingerprint density at radius 2 is 0.972 bits per heavy atom. The van der Waals surface area contributed by atoms with Crippen LogP contribution in [-0.4, -0.2) is 29.1 Å². The molecule has 0 aliphatic heterocycles. The molecule has 0 aliphatic carbocycles. The molecule has 4 heterocycles. The van der Waals surface area contributed by atoms with E-state index in [-0.39, 0.29) is 0 Å². The van der Waals surface area contributed by atoms with Gasteiger partial charge in [-0.15, -0.1) is 0 Å². The van der Waals surface area contributed by atoms with Crippen molar-refractivity contribution in [1.82, 2.24) is 29.1 Å². The molecule has 0 amide bonds. The minimum absolute atomic E-state index is 0.743. The first-order valence-corrected chi connectivity index (χ1v) is 13.6. The van der Waals surface area contributed by atoms with Gasteiger partial charge in [0.15, 0.2) is 10.3 Å². The standard InChI is InChI=1S/C28H24N6S2/c1-33-25-15-5-3-11-23(25)31-27(33)35-17-19-9-7-13-21(29-19)22-14-8-10-20(30-22)18-36-28-32-24-12-4-6-16-26(24)34(28)2/h3-16H,17-18H2,1-2H3. The number of thioether (sulfide) groups is 2. The Kier molecular flexibility index (Phi) is 6.21. The number of benzene rings is 2. The number of fused-ring (bicyclic) bond motifs is 2. The Morgan fingerprint density at radius 3 is 1.42 bits per heavy atom. The first kappa shape index (κ1) is 22.8. The smallest absolute Gasteiger partial charge is 0.169 e. The van der Waals surface area contributed by atoms with Crippen LogP contribution in [0.3, 0.4) is 0 Å². The maximum Gasteiger partial charge on any atom is 0.169 e. The molecule has 0 atom stereocenters. The van der Waals surface area contributed by atoms with Crippen molar-refractivity contribution in [2.24, 2.45) is 14.1 Å². The molecule has 6 rings (SSSR count). The van der Waals surface area contributed by atoms with E-state index < -0.39 is 0 Å². The fourth-order valence-electron chi connectivity index (χ4n) is 4.19. The molecule has 6 nitrogen and oxygen atoms in total. The summed E-state index contributed by atoms with van der Waals surface area (Å²) in [5.74, 6) is 1.49. The van der Waals surface area contributed by atoms with Gasteiger partial charge in [0.1, 0.15) is 0 Å². The summed E-state index contributed by atoms with van der Waals surface area (Å²) in [5, 5.41) is 1.98. The van der Waals surface area contributed by atoms with Gasteiger partial charge in [-0.05, 0) is 48.5 Å². The molecule has 0 saturated heterocycles. The van der Waals surface area contributed by atoms with Crippen LogP contribution in [0.25, 0.3) is 33.5 Å². The molecule has 0 bridgehead atoms. The molecule has 36 heavy (non-hydrogen) atoms. The monoisotopic (exact) mass is 508 g/mol. The third-order valence-electron chi connectivity index (χ3n) is 6.07. The van der Waals surface area contributed by atoms with Crippen LogP contribution in [0.2, 0.25) is 0 Å². The summed E-state index contributed by atoms with van der Waals surface area (Å²) in [6.07, 6.45) is 0. The van der Waals surface area contributed by atoms with Crippen molar-refractivity contribution in [3.63, 3.8) is 0 Å². The number of hydrogen-bond donors (Lipinski definition) is 0. The average Bonchev–Trinajstić information content (AvgIpc) is 3.42. The number of rotatable bonds is 7. The van der Waals surface area contributed by atoms with E-state index in [1.54, 1.807) is 23.5 Å². The summed E-state index contributed by atoms with van der Waals surface area (Å²) < 4.78 is 4.27. The van der Waals surface area contributed by atoms with Gasteiger partial charge in [0.05, 0.1) is 44.8 Å². The van der Waals surface area contributed by atoms with Gasteiger partial charge in [-0.2, -0.15) is 0 Å². The van der Waals surface area contributed by atoms with Crippen molar-refractivity contribution in [1.29, 1.82) is 0 Å². The molecule has 8 heteroatoms. The highest BCUT2D eigenvalue weighted by molar-refractivity contribution is 7.98. The first-order chi connectivity index (χ1) is 17.7. The van der Waals surface area contributed by atoms with E-state index in [0.29, 0.717) is 0 Å². The van der Waals surface area contributed by atoms with E-state index in [9.17, 15) is 0 Å². The van der Waals surface area contributed by atoms with Gasteiger partial charge in [0, 0.05) is 25.6 Å². The number of hydrogen-bond acceptors (Lipinski definition) is 6. The molecule has 0 spiro atoms. The van der Waals surface area contributed by atoms with Crippen LogP contribution in [0, 0.1) is 0 Å². The lowest BCUT2D eigenvalue weighted by Gasteiger charge is -2.07. The maximum absolute atomic E-state index is 4.90. The van der Waals surface area contributed by atoms with Crippen LogP contribution in [0.1, 0.15) is 11.4 Å². The molecule has 0 radical (unpaired) electrons. The zero-order chi connectivity index (χ0) is 24.5. The van der Waals surface area contributed by atoms with Crippen LogP contribution >= 0.6 is 23.5 Å². The molecular weight excluding hydrogens is 484 g/mol. The van der Waals surface area contributed by atoms with Crippen LogP contribution in [0.5, 0.6) is 0 Å². The normalized spacial score (nSPS) is 11.5. The molecule has 0 fully saturated rings. The molecule has 2 aromatic carbocycles. The van der Waals surface area contributed by atoms with Gasteiger partial charge in [-0.1, -0.05) is 59.9 Å². The van der Waals surface area contributed by atoms with Crippen LogP contribution < -0.4 is 0 Å². The van der Waals surface area contributed by atoms with Gasteiger partial charge < -0.3 is 9.13 Å². The van der Waals surface area contributed by atoms with E-state index in [1.165, 1.54) is 0 Å². The van der Waals surface area contributed by atoms with Crippen molar-refractivity contribution >= 4 is 45.6 Å². The second-order valence-corrected chi connectivity index (χ2v) is 10.4. The highest BCUT2D eigenvalue weighted by Gasteiger charge is 2.11. The molecule has 4 aromatic heterocycles. The minimum Gasteiger partial charge on any atom is -0.322 e. The van der Waals surface area contributed by atoms with Crippen molar-refractivity contribution in [3.8, 4) is 11.4 Å². The summed E-state index contributed by atoms with van der Waals surface area (Å²) in [5.41, 5.74) is 8.08. The number of nitrogens with zero attached hydrogens (tertiary/aromatic N) is 6. The second kappa shape index (κ2) is 9.79. The lowest BCUT2D eigenvalue weighted by Crippen LogP contribution is -1.96. The van der Waals surface area contributed by atoms with Gasteiger partial charge in [0.25, 0.3) is 0 Å². The van der Waals surface area contributed by atoms with Gasteiger partial charge in [0.2, 0.25) is 0 Å². The van der Waals surface area contributed by atoms with Gasteiger partial charge >= 0.3 is 0 Å². The highest BCUT2D eigenvalue weighted by Crippen LogP contribution is 2.28. The van der Waals surface area contributed by atoms with Crippen LogP contribution in [0.4, 0.5) is 0 Å². The predicted molar refractivity (Wildman–Crippen MR) is 148 cm³/mol. The summed E-state index contributed by atoms with van der Waals surface area (Å²) in [4.78, 5) is 19.3. The van der Waals surface area contributed by atoms with E-state index in [0.717, 1.165) is 66.7 Å². The molecule has 6 aromatic rings. The Labute approximate surface area is 217 Å². The maximum atomic E-state index is 4.90. The second-order valence-electron chi connectivity index (χ2n) is 8.49. The average molecular weight is 509 g/mol. The molecular formula is C28H24N6S2. The fraction of sp³-hybridized carbons (Fsp3) is 0.143. The SMILES string of the molecule is Cn1c(SCc2cccc(-c3cccc(CSc4nc5ccccc5n4C)n3)n2)nc2ccccc21. The molecule has 0 aliphatic rings. The van der Waals surface area contributed by atoms with E-state index in [4.69, 9.17) is 19.9 Å². The summed E-state index contributed by atoms with van der Waals surface area (Å²) >= 11 is 3.40. The zero-order valence-corrected chi connectivity index (χ0v) is 21.6. The van der Waals surface area contributed by atoms with Crippen LogP contribution in [-0.2, 0) is 25.6 Å². The fourth-order valence-corrected chi connectivity index (χ4v) is 5.97. The lowest BCUT2D eigenvalue weighted by atomic mass is 10.2. The van der Waals surface area contributed by atoms with Crippen molar-refractivity contribution in [2.75, 3.05) is 0 Å². The number of aryl methyl sites for hydroxylation is 2. The van der Waals surface area contributed by atoms with Gasteiger partial charge in [-0.3, -0.25) is 9.97 Å². The Morgan fingerprint density at radius 1 is 0.528 bits per heavy atom. The Bertz CT molecular complexity index is 1560. The molecule has 178 valence electrons. The summed E-state index contributed by atoms with van der Waals surface area (Å²) in [7, 11) is 4.12. The summed E-state index contributed by atoms with van der Waals surface area (Å²) in [6, 6.07) is 28.7. The zero-order valence-electron chi connectivity index (χ0n) is 20.0. The third-order valence-corrected chi connectivity index (χ3v) is 8.19. The minimum atomic E-state index is 0.743. The Hall–Kier alpha value is -3.62. The highest BCUT2D eigenvalue weighted by atomic mass is 32.2. The number of pyridine rings is 2. The third kappa shape index (κ3) is 4.50. The quantitative estimate of drug-likeness (QED) is 0.229. The van der Waals surface area contributed by atoms with Crippen molar-refractivity contribution in [3.05, 3.63) is 96.3 Å². The molecule has 0 N–H and O–H groups in total. The topological polar surface area (TPSA) is 61.4 Å². The van der Waals surface area contributed by atoms with Crippen molar-refractivity contribution < 1.29 is 0 Å². The first-order valence-electron chi connectivity index (χ1n) is 11.7. The van der Waals surface area contributed by atoms with E-state index >= 15 is 0 Å². The van der Waals surface area contributed by atoms with Crippen LogP contribution in [0.15, 0.2) is 95.2 Å². The molecule has 0 unspecified atom stereocenters.